The summed E-state index contributed by atoms with van der Waals surface area (Å²) in [5.74, 6) is -8.61. The number of carbonyl (C=O) groups is 1. The Morgan fingerprint density at radius 2 is 1.92 bits per heavy atom. The molecule has 2 aromatic rings. The monoisotopic (exact) mass is 521 g/mol. The largest absolute Gasteiger partial charge is 0.493 e. The van der Waals surface area contributed by atoms with Crippen LogP contribution in [0.3, 0.4) is 0 Å². The highest BCUT2D eigenvalue weighted by atomic mass is 19.4. The van der Waals surface area contributed by atoms with Crippen LogP contribution < -0.4 is 15.8 Å². The van der Waals surface area contributed by atoms with Gasteiger partial charge in [-0.2, -0.15) is 17.6 Å². The van der Waals surface area contributed by atoms with E-state index in [1.807, 2.05) is 0 Å². The number of amides is 1. The first-order chi connectivity index (χ1) is 16.6. The summed E-state index contributed by atoms with van der Waals surface area (Å²) >= 11 is 0. The third kappa shape index (κ3) is 4.62. The number of pyridine rings is 1. The molecule has 1 aromatic carbocycles. The van der Waals surface area contributed by atoms with E-state index < -0.39 is 76.7 Å². The number of methoxy groups -OCH3 is 1. The average molecular weight is 521 g/mol. The minimum atomic E-state index is -4.96. The Labute approximate surface area is 202 Å². The van der Waals surface area contributed by atoms with Gasteiger partial charge in [-0.1, -0.05) is 13.0 Å². The van der Waals surface area contributed by atoms with Crippen LogP contribution in [0.4, 0.5) is 32.0 Å². The molecule has 13 heteroatoms. The van der Waals surface area contributed by atoms with Gasteiger partial charge in [-0.3, -0.25) is 9.78 Å². The maximum absolute atomic E-state index is 14.5. The van der Waals surface area contributed by atoms with Crippen LogP contribution >= 0.6 is 0 Å². The Bertz CT molecular complexity index is 1160. The minimum Gasteiger partial charge on any atom is -0.493 e. The zero-order valence-corrected chi connectivity index (χ0v) is 19.7. The van der Waals surface area contributed by atoms with Crippen molar-refractivity contribution >= 4 is 11.6 Å². The van der Waals surface area contributed by atoms with Crippen LogP contribution in [0.1, 0.15) is 37.9 Å². The molecule has 198 valence electrons. The van der Waals surface area contributed by atoms with Crippen LogP contribution in [0.15, 0.2) is 24.4 Å². The Hall–Kier alpha value is -2.90. The number of nitrogens with two attached hydrogens (primary N) is 1. The van der Waals surface area contributed by atoms with E-state index in [1.165, 1.54) is 6.92 Å². The Kier molecular flexibility index (Phi) is 7.32. The molecule has 7 nitrogen and oxygen atoms in total. The Morgan fingerprint density at radius 3 is 2.47 bits per heavy atom. The van der Waals surface area contributed by atoms with E-state index in [9.17, 15) is 36.2 Å². The lowest BCUT2D eigenvalue weighted by Gasteiger charge is -2.32. The number of nitrogens with one attached hydrogen (secondary N) is 1. The number of carbonyl (C=O) groups excluding carboxylic acids is 1. The molecule has 0 saturated carbocycles. The zero-order valence-electron chi connectivity index (χ0n) is 19.7. The lowest BCUT2D eigenvalue weighted by molar-refractivity contribution is -0.272. The lowest BCUT2D eigenvalue weighted by atomic mass is 9.77. The van der Waals surface area contributed by atoms with E-state index in [1.54, 1.807) is 0 Å². The second-order valence-electron chi connectivity index (χ2n) is 9.06. The molecule has 0 aliphatic carbocycles. The van der Waals surface area contributed by atoms with Crippen LogP contribution in [0.2, 0.25) is 0 Å². The van der Waals surface area contributed by atoms with Gasteiger partial charge in [0.05, 0.1) is 36.8 Å². The van der Waals surface area contributed by atoms with Gasteiger partial charge >= 0.3 is 6.18 Å². The first kappa shape index (κ1) is 27.7. The van der Waals surface area contributed by atoms with Crippen molar-refractivity contribution in [2.24, 2.45) is 11.7 Å². The van der Waals surface area contributed by atoms with Crippen molar-refractivity contribution in [3.8, 4) is 5.75 Å². The first-order valence-corrected chi connectivity index (χ1v) is 10.7. The first-order valence-electron chi connectivity index (χ1n) is 10.7. The summed E-state index contributed by atoms with van der Waals surface area (Å²) < 4.78 is 94.9. The standard InChI is InChI=1S/C23H25F6N3O4/c1-10-16(11-5-6-12(24)17(26)18(11)35-4)19(36-22(10,3)23(27,28)29)20(34)32-14-7-15(21(2,30)9-33)31-8-13(14)25/h5-8,10,16,19,33H,9,30H2,1-4H3,(H,31,32,34)/t10-,16-,19+,21-,22+/m0/s1. The SMILES string of the molecule is COc1c([C@H]2[C@H](C(=O)Nc3cc([C@@](C)(N)CO)ncc3F)O[C@@](C)(C(F)(F)F)[C@H]2C)ccc(F)c1F. The van der Waals surface area contributed by atoms with E-state index >= 15 is 0 Å². The van der Waals surface area contributed by atoms with Crippen molar-refractivity contribution in [1.82, 2.24) is 4.98 Å². The third-order valence-corrected chi connectivity index (χ3v) is 6.60. The maximum Gasteiger partial charge on any atom is 0.417 e. The molecule has 1 fully saturated rings. The van der Waals surface area contributed by atoms with Crippen molar-refractivity contribution in [2.75, 3.05) is 19.0 Å². The van der Waals surface area contributed by atoms with Crippen LogP contribution in [0, 0.1) is 23.4 Å². The van der Waals surface area contributed by atoms with Crippen LogP contribution in [0.5, 0.6) is 5.75 Å². The Morgan fingerprint density at radius 1 is 1.28 bits per heavy atom. The van der Waals surface area contributed by atoms with Crippen LogP contribution in [-0.4, -0.2) is 47.6 Å². The number of aliphatic hydroxyl groups is 1. The number of benzene rings is 1. The van der Waals surface area contributed by atoms with Gasteiger partial charge in [-0.25, -0.2) is 8.78 Å². The van der Waals surface area contributed by atoms with Gasteiger partial charge in [-0.05, 0) is 26.0 Å². The molecule has 5 atom stereocenters. The molecule has 36 heavy (non-hydrogen) atoms. The highest BCUT2D eigenvalue weighted by Gasteiger charge is 2.66. The van der Waals surface area contributed by atoms with E-state index in [4.69, 9.17) is 15.2 Å². The molecule has 0 unspecified atom stereocenters. The van der Waals surface area contributed by atoms with Gasteiger partial charge < -0.3 is 25.6 Å². The number of ether oxygens (including phenoxy) is 2. The predicted molar refractivity (Wildman–Crippen MR) is 116 cm³/mol. The Balaban J connectivity index is 2.09. The topological polar surface area (TPSA) is 107 Å². The number of anilines is 1. The highest BCUT2D eigenvalue weighted by Crippen LogP contribution is 2.55. The molecule has 1 saturated heterocycles. The predicted octanol–water partition coefficient (Wildman–Crippen LogP) is 3.75. The fraction of sp³-hybridized carbons (Fsp3) is 0.478. The average Bonchev–Trinajstić information content (AvgIpc) is 3.08. The fourth-order valence-electron chi connectivity index (χ4n) is 4.17. The van der Waals surface area contributed by atoms with Crippen molar-refractivity contribution in [2.45, 2.75) is 50.1 Å². The van der Waals surface area contributed by atoms with Crippen LogP contribution in [0.25, 0.3) is 0 Å². The molecule has 0 bridgehead atoms. The summed E-state index contributed by atoms with van der Waals surface area (Å²) in [7, 11) is 0.999. The van der Waals surface area contributed by atoms with Gasteiger partial charge in [-0.15, -0.1) is 0 Å². The number of aliphatic hydroxyl groups excluding tert-OH is 1. The molecule has 1 aliphatic heterocycles. The smallest absolute Gasteiger partial charge is 0.417 e. The lowest BCUT2D eigenvalue weighted by Crippen LogP contribution is -2.47. The van der Waals surface area contributed by atoms with Gasteiger partial charge in [0.2, 0.25) is 5.82 Å². The quantitative estimate of drug-likeness (QED) is 0.500. The molecular weight excluding hydrogens is 496 g/mol. The van der Waals surface area contributed by atoms with Crippen LogP contribution in [-0.2, 0) is 15.1 Å². The van der Waals surface area contributed by atoms with Crippen molar-refractivity contribution < 1.29 is 45.7 Å². The number of nitrogens with zero attached hydrogens (tertiary/aromatic N) is 1. The molecule has 4 N–H and O–H groups in total. The summed E-state index contributed by atoms with van der Waals surface area (Å²) in [6.45, 7) is 2.69. The summed E-state index contributed by atoms with van der Waals surface area (Å²) in [6, 6.07) is 2.73. The third-order valence-electron chi connectivity index (χ3n) is 6.60. The van der Waals surface area contributed by atoms with Gasteiger partial charge in [0.15, 0.2) is 23.0 Å². The minimum absolute atomic E-state index is 0.0126. The molecule has 2 heterocycles. The summed E-state index contributed by atoms with van der Waals surface area (Å²) in [5, 5.41) is 11.6. The number of halogens is 6. The number of hydrogen-bond donors (Lipinski definition) is 3. The van der Waals surface area contributed by atoms with E-state index in [2.05, 4.69) is 10.3 Å². The molecule has 1 aromatic heterocycles. The molecule has 1 amide bonds. The van der Waals surface area contributed by atoms with Gasteiger partial charge in [0.1, 0.15) is 6.10 Å². The molecular formula is C23H25F6N3O4. The summed E-state index contributed by atoms with van der Waals surface area (Å²) in [6.07, 6.45) is -6.15. The van der Waals surface area contributed by atoms with E-state index in [0.29, 0.717) is 6.07 Å². The number of rotatable bonds is 6. The number of alkyl halides is 3. The van der Waals surface area contributed by atoms with Crippen molar-refractivity contribution in [3.05, 3.63) is 53.1 Å². The maximum atomic E-state index is 14.5. The second-order valence-corrected chi connectivity index (χ2v) is 9.06. The van der Waals surface area contributed by atoms with Crippen molar-refractivity contribution in [1.29, 1.82) is 0 Å². The van der Waals surface area contributed by atoms with Gasteiger partial charge in [0, 0.05) is 17.4 Å². The zero-order chi connectivity index (χ0) is 27.2. The van der Waals surface area contributed by atoms with Gasteiger partial charge in [0.25, 0.3) is 5.91 Å². The fourth-order valence-corrected chi connectivity index (χ4v) is 4.17. The molecule has 3 rings (SSSR count). The number of hydrogen-bond acceptors (Lipinski definition) is 6. The molecule has 1 aliphatic rings. The molecule has 0 spiro atoms. The summed E-state index contributed by atoms with van der Waals surface area (Å²) in [4.78, 5) is 17.0. The van der Waals surface area contributed by atoms with E-state index in [0.717, 1.165) is 39.3 Å². The summed E-state index contributed by atoms with van der Waals surface area (Å²) in [5.41, 5.74) is 0.875. The second kappa shape index (κ2) is 9.52. The molecule has 0 radical (unpaired) electrons. The highest BCUT2D eigenvalue weighted by molar-refractivity contribution is 5.95. The van der Waals surface area contributed by atoms with Crippen molar-refractivity contribution in [3.63, 3.8) is 0 Å². The van der Waals surface area contributed by atoms with E-state index in [-0.39, 0.29) is 11.3 Å². The normalized spacial score (nSPS) is 25.9. The number of aromatic nitrogens is 1.